The van der Waals surface area contributed by atoms with Gasteiger partial charge >= 0.3 is 20.9 Å². The van der Waals surface area contributed by atoms with Gasteiger partial charge in [-0.1, -0.05) is 0 Å². The van der Waals surface area contributed by atoms with E-state index in [1.807, 2.05) is 20.8 Å². The van der Waals surface area contributed by atoms with Gasteiger partial charge in [0.1, 0.15) is 12.1 Å². The fourth-order valence-corrected chi connectivity index (χ4v) is 5.28. The fraction of sp³-hybridized carbons (Fsp3) is 0.867. The third-order valence-corrected chi connectivity index (χ3v) is 6.84. The van der Waals surface area contributed by atoms with Crippen molar-refractivity contribution < 1.29 is 32.7 Å². The van der Waals surface area contributed by atoms with E-state index >= 15 is 0 Å². The molecule has 10 heteroatoms. The summed E-state index contributed by atoms with van der Waals surface area (Å²) in [5, 5.41) is 14.4. The average Bonchev–Trinajstić information content (AvgIpc) is 3.01. The summed E-state index contributed by atoms with van der Waals surface area (Å²) in [5.74, 6) is -0.935. The first kappa shape index (κ1) is 21.8. The van der Waals surface area contributed by atoms with Crippen LogP contribution in [0.1, 0.15) is 33.6 Å². The molecule has 1 saturated heterocycles. The van der Waals surface area contributed by atoms with Crippen LogP contribution in [-0.2, 0) is 22.8 Å². The number of hydrogen-bond acceptors (Lipinski definition) is 7. The molecular formula is C15H30N2O7Si. The van der Waals surface area contributed by atoms with Gasteiger partial charge in [-0.25, -0.2) is 4.79 Å². The van der Waals surface area contributed by atoms with Crippen LogP contribution < -0.4 is 10.6 Å². The summed E-state index contributed by atoms with van der Waals surface area (Å²) < 4.78 is 22.4. The Morgan fingerprint density at radius 2 is 1.76 bits per heavy atom. The van der Waals surface area contributed by atoms with Crippen molar-refractivity contribution in [3.05, 3.63) is 0 Å². The predicted octanol–water partition coefficient (Wildman–Crippen LogP) is 0.966. The fourth-order valence-electron chi connectivity index (χ4n) is 2.67. The lowest BCUT2D eigenvalue weighted by Crippen LogP contribution is -2.46. The van der Waals surface area contributed by atoms with Gasteiger partial charge in [0.2, 0.25) is 0 Å². The molecule has 0 aromatic heterocycles. The first-order chi connectivity index (χ1) is 12.0. The van der Waals surface area contributed by atoms with Gasteiger partial charge in [0.25, 0.3) is 0 Å². The maximum Gasteiger partial charge on any atom is 0.500 e. The SMILES string of the molecule is CCO[Si](CCCNC(=O)O[C@H]1CN[C@H](C(=O)O)C1)(OCC)OCC. The highest BCUT2D eigenvalue weighted by Crippen LogP contribution is 2.18. The lowest BCUT2D eigenvalue weighted by Gasteiger charge is -2.28. The molecule has 3 N–H and O–H groups in total. The number of nitrogens with one attached hydrogen (secondary N) is 2. The van der Waals surface area contributed by atoms with Crippen molar-refractivity contribution in [2.75, 3.05) is 32.9 Å². The molecule has 1 fully saturated rings. The maximum atomic E-state index is 11.8. The molecule has 1 aliphatic rings. The molecule has 1 amide bonds. The summed E-state index contributed by atoms with van der Waals surface area (Å²) in [6.07, 6.45) is -0.0565. The molecule has 1 heterocycles. The van der Waals surface area contributed by atoms with E-state index in [1.54, 1.807) is 0 Å². The van der Waals surface area contributed by atoms with Crippen LogP contribution in [0, 0.1) is 0 Å². The number of ether oxygens (including phenoxy) is 1. The van der Waals surface area contributed by atoms with Crippen LogP contribution in [0.5, 0.6) is 0 Å². The Labute approximate surface area is 149 Å². The Morgan fingerprint density at radius 1 is 1.16 bits per heavy atom. The first-order valence-electron chi connectivity index (χ1n) is 8.78. The van der Waals surface area contributed by atoms with Crippen LogP contribution >= 0.6 is 0 Å². The Bertz CT molecular complexity index is 408. The van der Waals surface area contributed by atoms with E-state index in [2.05, 4.69) is 10.6 Å². The molecule has 0 aromatic carbocycles. The van der Waals surface area contributed by atoms with Crippen molar-refractivity contribution in [2.24, 2.45) is 0 Å². The van der Waals surface area contributed by atoms with Crippen molar-refractivity contribution in [2.45, 2.75) is 51.8 Å². The summed E-state index contributed by atoms with van der Waals surface area (Å²) in [5.41, 5.74) is 0. The third kappa shape index (κ3) is 7.69. The summed E-state index contributed by atoms with van der Waals surface area (Å²) in [4.78, 5) is 22.6. The second-order valence-electron chi connectivity index (χ2n) is 5.57. The van der Waals surface area contributed by atoms with Crippen molar-refractivity contribution in [1.29, 1.82) is 0 Å². The van der Waals surface area contributed by atoms with Gasteiger partial charge in [-0.2, -0.15) is 0 Å². The molecule has 0 bridgehead atoms. The van der Waals surface area contributed by atoms with E-state index in [0.29, 0.717) is 45.4 Å². The minimum atomic E-state index is -2.69. The number of carboxylic acids is 1. The van der Waals surface area contributed by atoms with E-state index in [1.165, 1.54) is 0 Å². The molecule has 0 saturated carbocycles. The van der Waals surface area contributed by atoms with E-state index in [-0.39, 0.29) is 6.42 Å². The lowest BCUT2D eigenvalue weighted by atomic mass is 10.2. The number of amides is 1. The normalized spacial score (nSPS) is 20.4. The van der Waals surface area contributed by atoms with E-state index in [0.717, 1.165) is 0 Å². The van der Waals surface area contributed by atoms with Crippen molar-refractivity contribution >= 4 is 20.9 Å². The molecule has 0 unspecified atom stereocenters. The molecule has 1 aliphatic heterocycles. The zero-order chi connectivity index (χ0) is 18.7. The van der Waals surface area contributed by atoms with Gasteiger partial charge in [-0.15, -0.1) is 0 Å². The number of aliphatic carboxylic acids is 1. The Kier molecular flexibility index (Phi) is 9.98. The highest BCUT2D eigenvalue weighted by atomic mass is 28.4. The summed E-state index contributed by atoms with van der Waals surface area (Å²) in [6, 6.07) is -0.0532. The van der Waals surface area contributed by atoms with E-state index < -0.39 is 33.0 Å². The summed E-state index contributed by atoms with van der Waals surface area (Å²) in [7, 11) is -2.69. The standard InChI is InChI=1S/C15H30N2O7Si/c1-4-21-25(22-5-2,23-6-3)9-7-8-16-15(20)24-12-10-13(14(18)19)17-11-12/h12-13,17H,4-11H2,1-3H3,(H,16,20)(H,18,19)/t12-,13+/m1/s1. The average molecular weight is 378 g/mol. The smallest absolute Gasteiger partial charge is 0.480 e. The molecule has 0 aliphatic carbocycles. The quantitative estimate of drug-likeness (QED) is 0.340. The van der Waals surface area contributed by atoms with Gasteiger partial charge in [0.15, 0.2) is 0 Å². The van der Waals surface area contributed by atoms with Crippen molar-refractivity contribution in [3.63, 3.8) is 0 Å². The van der Waals surface area contributed by atoms with Crippen molar-refractivity contribution in [3.8, 4) is 0 Å². The lowest BCUT2D eigenvalue weighted by molar-refractivity contribution is -0.139. The molecule has 0 spiro atoms. The topological polar surface area (TPSA) is 115 Å². The van der Waals surface area contributed by atoms with Crippen molar-refractivity contribution in [1.82, 2.24) is 10.6 Å². The molecule has 146 valence electrons. The Balaban J connectivity index is 2.30. The Hall–Kier alpha value is -1.20. The number of rotatable bonds is 12. The van der Waals surface area contributed by atoms with Crippen LogP contribution in [0.3, 0.4) is 0 Å². The monoisotopic (exact) mass is 378 g/mol. The maximum absolute atomic E-state index is 11.8. The van der Waals surface area contributed by atoms with Gasteiger partial charge in [-0.05, 0) is 27.2 Å². The minimum Gasteiger partial charge on any atom is -0.480 e. The minimum absolute atomic E-state index is 0.276. The number of carboxylic acid groups (broad SMARTS) is 1. The van der Waals surface area contributed by atoms with Gasteiger partial charge < -0.3 is 33.8 Å². The van der Waals surface area contributed by atoms with E-state index in [4.69, 9.17) is 23.1 Å². The number of alkyl carbamates (subject to hydrolysis) is 1. The highest BCUT2D eigenvalue weighted by Gasteiger charge is 2.39. The molecule has 25 heavy (non-hydrogen) atoms. The number of hydrogen-bond donors (Lipinski definition) is 3. The number of carbonyl (C=O) groups excluding carboxylic acids is 1. The zero-order valence-electron chi connectivity index (χ0n) is 15.2. The van der Waals surface area contributed by atoms with Crippen LogP contribution in [0.25, 0.3) is 0 Å². The zero-order valence-corrected chi connectivity index (χ0v) is 16.2. The molecular weight excluding hydrogens is 348 g/mol. The van der Waals surface area contributed by atoms with Crippen LogP contribution in [0.4, 0.5) is 4.79 Å². The second-order valence-corrected chi connectivity index (χ2v) is 8.31. The van der Waals surface area contributed by atoms with Crippen LogP contribution in [-0.4, -0.2) is 71.0 Å². The molecule has 2 atom stereocenters. The van der Waals surface area contributed by atoms with Gasteiger partial charge in [0.05, 0.1) is 0 Å². The van der Waals surface area contributed by atoms with Gasteiger partial charge in [-0.3, -0.25) is 4.79 Å². The number of carbonyl (C=O) groups is 2. The third-order valence-electron chi connectivity index (χ3n) is 3.68. The molecule has 9 nitrogen and oxygen atoms in total. The molecule has 0 radical (unpaired) electrons. The summed E-state index contributed by atoms with van der Waals surface area (Å²) >= 11 is 0. The molecule has 0 aromatic rings. The highest BCUT2D eigenvalue weighted by molar-refractivity contribution is 6.60. The van der Waals surface area contributed by atoms with Gasteiger partial charge in [0, 0.05) is 45.4 Å². The largest absolute Gasteiger partial charge is 0.500 e. The first-order valence-corrected chi connectivity index (χ1v) is 10.7. The predicted molar refractivity (Wildman–Crippen MR) is 92.4 cm³/mol. The second kappa shape index (κ2) is 11.4. The molecule has 1 rings (SSSR count). The van der Waals surface area contributed by atoms with Crippen LogP contribution in [0.15, 0.2) is 0 Å². The Morgan fingerprint density at radius 3 is 2.24 bits per heavy atom. The summed E-state index contributed by atoms with van der Waals surface area (Å²) in [6.45, 7) is 7.99. The van der Waals surface area contributed by atoms with Crippen LogP contribution in [0.2, 0.25) is 6.04 Å². The van der Waals surface area contributed by atoms with E-state index in [9.17, 15) is 9.59 Å².